The second-order valence-corrected chi connectivity index (χ2v) is 1.48. The molecule has 0 aromatic rings. The third-order valence-electron chi connectivity index (χ3n) is 0.361. The van der Waals surface area contributed by atoms with Gasteiger partial charge >= 0.3 is 0 Å². The van der Waals surface area contributed by atoms with Gasteiger partial charge in [-0.1, -0.05) is 12.2 Å². The van der Waals surface area contributed by atoms with Crippen LogP contribution in [-0.4, -0.2) is 11.6 Å². The van der Waals surface area contributed by atoms with E-state index in [4.69, 9.17) is 11.6 Å². The van der Waals surface area contributed by atoms with Gasteiger partial charge in [0.05, 0.1) is 0 Å². The summed E-state index contributed by atoms with van der Waals surface area (Å²) in [7, 11) is 0. The van der Waals surface area contributed by atoms with Crippen molar-refractivity contribution in [3.63, 3.8) is 0 Å². The van der Waals surface area contributed by atoms with Gasteiger partial charge in [0.15, 0.2) is 0 Å². The minimum absolute atomic E-state index is 0.598. The fraction of sp³-hybridized carbons (Fsp3) is 0.500. The second kappa shape index (κ2) is 5.38. The Hall–Kier alpha value is 0.380. The second-order valence-electron chi connectivity index (χ2n) is 0.808. The van der Waals surface area contributed by atoms with Gasteiger partial charge in [0, 0.05) is 11.6 Å². The fourth-order valence-corrected chi connectivity index (χ4v) is 0.413. The molecule has 0 heterocycles. The van der Waals surface area contributed by atoms with Crippen LogP contribution in [0.4, 0.5) is 0 Å². The quantitative estimate of drug-likeness (QED) is 0.322. The normalized spacial score (nSPS) is 10.3. The Kier molecular flexibility index (Phi) is 5.72. The van der Waals surface area contributed by atoms with Crippen molar-refractivity contribution in [2.45, 2.75) is 0 Å². The SMILES string of the molecule is SC/C=C/CCl. The van der Waals surface area contributed by atoms with Crippen LogP contribution in [-0.2, 0) is 0 Å². The van der Waals surface area contributed by atoms with Crippen molar-refractivity contribution in [2.75, 3.05) is 11.6 Å². The van der Waals surface area contributed by atoms with Crippen LogP contribution < -0.4 is 0 Å². The number of hydrogen-bond donors (Lipinski definition) is 1. The Morgan fingerprint density at radius 2 is 2.17 bits per heavy atom. The van der Waals surface area contributed by atoms with Crippen LogP contribution in [0.25, 0.3) is 0 Å². The zero-order valence-corrected chi connectivity index (χ0v) is 5.04. The molecule has 6 heavy (non-hydrogen) atoms. The summed E-state index contributed by atoms with van der Waals surface area (Å²) in [4.78, 5) is 0. The van der Waals surface area contributed by atoms with Gasteiger partial charge in [-0.2, -0.15) is 12.6 Å². The smallest absolute Gasteiger partial charge is 0.0404 e. The molecule has 0 spiro atoms. The molecule has 0 bridgehead atoms. The van der Waals surface area contributed by atoms with Gasteiger partial charge in [0.25, 0.3) is 0 Å². The molecule has 0 rings (SSSR count). The lowest BCUT2D eigenvalue weighted by molar-refractivity contribution is 1.67. The average molecular weight is 123 g/mol. The first-order valence-corrected chi connectivity index (χ1v) is 2.90. The lowest BCUT2D eigenvalue weighted by Gasteiger charge is -1.70. The molecule has 0 amide bonds. The van der Waals surface area contributed by atoms with Gasteiger partial charge in [0.2, 0.25) is 0 Å². The Morgan fingerprint density at radius 1 is 1.50 bits per heavy atom. The van der Waals surface area contributed by atoms with Gasteiger partial charge in [-0.05, 0) is 0 Å². The van der Waals surface area contributed by atoms with E-state index in [1.54, 1.807) is 0 Å². The maximum absolute atomic E-state index is 5.26. The van der Waals surface area contributed by atoms with E-state index in [9.17, 15) is 0 Å². The molecule has 36 valence electrons. The van der Waals surface area contributed by atoms with Crippen LogP contribution in [0, 0.1) is 0 Å². The van der Waals surface area contributed by atoms with Gasteiger partial charge in [-0.3, -0.25) is 0 Å². The summed E-state index contributed by atoms with van der Waals surface area (Å²) in [5.74, 6) is 1.38. The third-order valence-corrected chi connectivity index (χ3v) is 0.750. The van der Waals surface area contributed by atoms with Crippen molar-refractivity contribution in [1.29, 1.82) is 0 Å². The van der Waals surface area contributed by atoms with E-state index in [0.717, 1.165) is 5.75 Å². The highest BCUT2D eigenvalue weighted by molar-refractivity contribution is 7.80. The fourth-order valence-electron chi connectivity index (χ4n) is 0.138. The highest BCUT2D eigenvalue weighted by Gasteiger charge is 1.62. The molecular formula is C4H7ClS. The van der Waals surface area contributed by atoms with Crippen molar-refractivity contribution in [1.82, 2.24) is 0 Å². The van der Waals surface area contributed by atoms with E-state index in [0.29, 0.717) is 5.88 Å². The summed E-state index contributed by atoms with van der Waals surface area (Å²) in [6.45, 7) is 0. The van der Waals surface area contributed by atoms with E-state index in [1.807, 2.05) is 12.2 Å². The van der Waals surface area contributed by atoms with Crippen molar-refractivity contribution >= 4 is 24.2 Å². The van der Waals surface area contributed by atoms with E-state index >= 15 is 0 Å². The first-order chi connectivity index (χ1) is 2.91. The molecule has 0 unspecified atom stereocenters. The van der Waals surface area contributed by atoms with E-state index in [1.165, 1.54) is 0 Å². The molecule has 0 fully saturated rings. The summed E-state index contributed by atoms with van der Waals surface area (Å²) < 4.78 is 0. The zero-order valence-electron chi connectivity index (χ0n) is 3.39. The lowest BCUT2D eigenvalue weighted by Crippen LogP contribution is -1.60. The molecule has 2 heteroatoms. The Morgan fingerprint density at radius 3 is 2.33 bits per heavy atom. The van der Waals surface area contributed by atoms with Crippen molar-refractivity contribution < 1.29 is 0 Å². The predicted octanol–water partition coefficient (Wildman–Crippen LogP) is 1.71. The van der Waals surface area contributed by atoms with Crippen LogP contribution in [0.5, 0.6) is 0 Å². The van der Waals surface area contributed by atoms with E-state index < -0.39 is 0 Å². The van der Waals surface area contributed by atoms with Crippen LogP contribution in [0.3, 0.4) is 0 Å². The number of alkyl halides is 1. The van der Waals surface area contributed by atoms with Gasteiger partial charge < -0.3 is 0 Å². The molecule has 0 nitrogen and oxygen atoms in total. The number of thiol groups is 1. The van der Waals surface area contributed by atoms with Crippen LogP contribution >= 0.6 is 24.2 Å². The maximum Gasteiger partial charge on any atom is 0.0404 e. The molecule has 0 aliphatic rings. The van der Waals surface area contributed by atoms with Gasteiger partial charge in [-0.25, -0.2) is 0 Å². The van der Waals surface area contributed by atoms with E-state index in [-0.39, 0.29) is 0 Å². The Balaban J connectivity index is 2.73. The molecule has 0 saturated carbocycles. The minimum atomic E-state index is 0.598. The molecule has 0 aliphatic carbocycles. The first kappa shape index (κ1) is 6.38. The summed E-state index contributed by atoms with van der Waals surface area (Å²) in [5, 5.41) is 0. The summed E-state index contributed by atoms with van der Waals surface area (Å²) >= 11 is 9.17. The molecule has 0 N–H and O–H groups in total. The van der Waals surface area contributed by atoms with Crippen molar-refractivity contribution in [2.24, 2.45) is 0 Å². The highest BCUT2D eigenvalue weighted by Crippen LogP contribution is 1.79. The molecule has 0 aromatic carbocycles. The minimum Gasteiger partial charge on any atom is -0.175 e. The first-order valence-electron chi connectivity index (χ1n) is 1.73. The maximum atomic E-state index is 5.26. The monoisotopic (exact) mass is 122 g/mol. The summed E-state index contributed by atoms with van der Waals surface area (Å²) in [6, 6.07) is 0. The average Bonchev–Trinajstić information content (AvgIpc) is 1.61. The molecular weight excluding hydrogens is 116 g/mol. The summed E-state index contributed by atoms with van der Waals surface area (Å²) in [6.07, 6.45) is 3.78. The van der Waals surface area contributed by atoms with E-state index in [2.05, 4.69) is 12.6 Å². The molecule has 0 radical (unpaired) electrons. The molecule has 0 aliphatic heterocycles. The van der Waals surface area contributed by atoms with Crippen molar-refractivity contribution in [3.8, 4) is 0 Å². The predicted molar refractivity (Wildman–Crippen MR) is 33.7 cm³/mol. The third kappa shape index (κ3) is 4.38. The molecule has 0 aromatic heterocycles. The van der Waals surface area contributed by atoms with Crippen LogP contribution in [0.2, 0.25) is 0 Å². The number of halogens is 1. The topological polar surface area (TPSA) is 0 Å². The number of hydrogen-bond acceptors (Lipinski definition) is 1. The standard InChI is InChI=1S/C4H7ClS/c5-3-1-2-4-6/h1-2,6H,3-4H2/b2-1+. The van der Waals surface area contributed by atoms with Gasteiger partial charge in [-0.15, -0.1) is 11.6 Å². The summed E-state index contributed by atoms with van der Waals surface area (Å²) in [5.41, 5.74) is 0. The largest absolute Gasteiger partial charge is 0.175 e. The number of allylic oxidation sites excluding steroid dienone is 1. The Labute approximate surface area is 48.6 Å². The van der Waals surface area contributed by atoms with Crippen molar-refractivity contribution in [3.05, 3.63) is 12.2 Å². The highest BCUT2D eigenvalue weighted by atomic mass is 35.5. The van der Waals surface area contributed by atoms with Crippen LogP contribution in [0.15, 0.2) is 12.2 Å². The lowest BCUT2D eigenvalue weighted by atomic mass is 10.6. The molecule has 0 atom stereocenters. The Bertz CT molecular complexity index is 36.8. The molecule has 0 saturated heterocycles. The zero-order chi connectivity index (χ0) is 4.83. The van der Waals surface area contributed by atoms with Crippen LogP contribution in [0.1, 0.15) is 0 Å². The van der Waals surface area contributed by atoms with Gasteiger partial charge in [0.1, 0.15) is 0 Å². The number of rotatable bonds is 2.